The van der Waals surface area contributed by atoms with Gasteiger partial charge in [-0.05, 0) is 0 Å². The third-order valence-corrected chi connectivity index (χ3v) is 1.60. The average Bonchev–Trinajstić information content (AvgIpc) is 2.18. The normalized spacial score (nSPS) is 24.0. The van der Waals surface area contributed by atoms with E-state index >= 15 is 0 Å². The summed E-state index contributed by atoms with van der Waals surface area (Å²) < 4.78 is 14.4. The minimum absolute atomic E-state index is 0.0360. The number of carboxylic acids is 1. The fourth-order valence-electron chi connectivity index (χ4n) is 0.994. The number of aliphatic hydroxyl groups is 1. The van der Waals surface area contributed by atoms with Gasteiger partial charge in [-0.25, -0.2) is 4.79 Å². The lowest BCUT2D eigenvalue weighted by atomic mass is 10.3. The van der Waals surface area contributed by atoms with Gasteiger partial charge in [0.1, 0.15) is 6.26 Å². The highest BCUT2D eigenvalue weighted by Crippen LogP contribution is 2.27. The largest absolute Gasteiger partial charge is 0.504 e. The second-order valence-electron chi connectivity index (χ2n) is 2.54. The Bertz CT molecular complexity index is 364. The summed E-state index contributed by atoms with van der Waals surface area (Å²) in [4.78, 5) is 10.5. The highest BCUT2D eigenvalue weighted by Gasteiger charge is 2.31. The standard InChI is InChI=1S/C8H6O6/c9-4-1-2-12-5-3-13-8(7(10)11)14-6(4)5/h1-3,8-9H,(H,10,11). The first-order valence-electron chi connectivity index (χ1n) is 3.70. The molecule has 0 aromatic carbocycles. The van der Waals surface area contributed by atoms with E-state index in [0.29, 0.717) is 0 Å². The van der Waals surface area contributed by atoms with Gasteiger partial charge in [-0.3, -0.25) is 0 Å². The molecular formula is C8H6O6. The molecule has 0 amide bonds. The minimum atomic E-state index is -1.45. The van der Waals surface area contributed by atoms with Crippen molar-refractivity contribution >= 4 is 5.97 Å². The summed E-state index contributed by atoms with van der Waals surface area (Å²) in [5, 5.41) is 17.9. The van der Waals surface area contributed by atoms with E-state index in [2.05, 4.69) is 4.74 Å². The number of hydrogen-bond acceptors (Lipinski definition) is 5. The van der Waals surface area contributed by atoms with Gasteiger partial charge in [-0.15, -0.1) is 0 Å². The van der Waals surface area contributed by atoms with Crippen molar-refractivity contribution in [2.75, 3.05) is 0 Å². The Hall–Kier alpha value is -2.11. The quantitative estimate of drug-likeness (QED) is 0.641. The Morgan fingerprint density at radius 1 is 1.50 bits per heavy atom. The molecule has 2 rings (SSSR count). The van der Waals surface area contributed by atoms with Gasteiger partial charge in [0.05, 0.1) is 6.26 Å². The fourth-order valence-corrected chi connectivity index (χ4v) is 0.994. The monoisotopic (exact) mass is 198 g/mol. The van der Waals surface area contributed by atoms with Crippen molar-refractivity contribution in [3.63, 3.8) is 0 Å². The maximum atomic E-state index is 10.5. The lowest BCUT2D eigenvalue weighted by Crippen LogP contribution is -2.29. The van der Waals surface area contributed by atoms with Gasteiger partial charge in [-0.1, -0.05) is 0 Å². The number of carbonyl (C=O) groups is 1. The summed E-state index contributed by atoms with van der Waals surface area (Å²) in [5.74, 6) is -1.37. The topological polar surface area (TPSA) is 85.2 Å². The van der Waals surface area contributed by atoms with Crippen LogP contribution in [-0.2, 0) is 19.0 Å². The second kappa shape index (κ2) is 2.99. The highest BCUT2D eigenvalue weighted by atomic mass is 16.7. The van der Waals surface area contributed by atoms with Gasteiger partial charge >= 0.3 is 12.3 Å². The first kappa shape index (κ1) is 8.49. The second-order valence-corrected chi connectivity index (χ2v) is 2.54. The molecule has 0 spiro atoms. The lowest BCUT2D eigenvalue weighted by molar-refractivity contribution is -0.175. The van der Waals surface area contributed by atoms with Crippen molar-refractivity contribution in [2.45, 2.75) is 6.29 Å². The summed E-state index contributed by atoms with van der Waals surface area (Å²) in [6, 6.07) is 0. The third-order valence-electron chi connectivity index (χ3n) is 1.60. The van der Waals surface area contributed by atoms with Crippen LogP contribution in [0.2, 0.25) is 0 Å². The predicted molar refractivity (Wildman–Crippen MR) is 41.6 cm³/mol. The van der Waals surface area contributed by atoms with Crippen LogP contribution in [0.15, 0.2) is 35.9 Å². The molecule has 0 aromatic rings. The van der Waals surface area contributed by atoms with Crippen LogP contribution in [0.4, 0.5) is 0 Å². The molecule has 2 N–H and O–H groups in total. The first-order valence-corrected chi connectivity index (χ1v) is 3.70. The van der Waals surface area contributed by atoms with Crippen LogP contribution in [0.5, 0.6) is 0 Å². The van der Waals surface area contributed by atoms with E-state index in [9.17, 15) is 9.90 Å². The van der Waals surface area contributed by atoms with Crippen molar-refractivity contribution in [1.82, 2.24) is 0 Å². The highest BCUT2D eigenvalue weighted by molar-refractivity contribution is 5.71. The number of hydrogen-bond donors (Lipinski definition) is 2. The number of allylic oxidation sites excluding steroid dienone is 1. The molecule has 0 bridgehead atoms. The molecule has 0 aromatic heterocycles. The molecule has 6 nitrogen and oxygen atoms in total. The Labute approximate surface area is 78.3 Å². The van der Waals surface area contributed by atoms with Crippen molar-refractivity contribution in [2.24, 2.45) is 0 Å². The molecule has 0 fully saturated rings. The third kappa shape index (κ3) is 1.26. The van der Waals surface area contributed by atoms with Crippen LogP contribution in [0, 0.1) is 0 Å². The molecule has 1 atom stereocenters. The molecule has 2 aliphatic rings. The van der Waals surface area contributed by atoms with Crippen LogP contribution in [0.1, 0.15) is 0 Å². The molecule has 0 saturated carbocycles. The van der Waals surface area contributed by atoms with E-state index in [1.54, 1.807) is 0 Å². The minimum Gasteiger partial charge on any atom is -0.504 e. The van der Waals surface area contributed by atoms with E-state index in [0.717, 1.165) is 6.26 Å². The SMILES string of the molecule is O=C(O)C1OC=C2OC=CC(O)=C2O1. The average molecular weight is 198 g/mol. The molecule has 74 valence electrons. The van der Waals surface area contributed by atoms with Crippen molar-refractivity contribution < 1.29 is 29.2 Å². The van der Waals surface area contributed by atoms with Crippen molar-refractivity contribution in [1.29, 1.82) is 0 Å². The van der Waals surface area contributed by atoms with Crippen molar-refractivity contribution in [3.05, 3.63) is 35.9 Å². The lowest BCUT2D eigenvalue weighted by Gasteiger charge is -2.24. The zero-order valence-electron chi connectivity index (χ0n) is 6.84. The van der Waals surface area contributed by atoms with Gasteiger partial charge < -0.3 is 24.4 Å². The van der Waals surface area contributed by atoms with Crippen LogP contribution >= 0.6 is 0 Å². The number of ether oxygens (including phenoxy) is 3. The fraction of sp³-hybridized carbons (Fsp3) is 0.125. The van der Waals surface area contributed by atoms with Crippen LogP contribution < -0.4 is 0 Å². The molecule has 2 aliphatic heterocycles. The van der Waals surface area contributed by atoms with E-state index < -0.39 is 12.3 Å². The molecule has 1 unspecified atom stereocenters. The van der Waals surface area contributed by atoms with Gasteiger partial charge in [0.25, 0.3) is 0 Å². The smallest absolute Gasteiger partial charge is 0.387 e. The predicted octanol–water partition coefficient (Wildman–Crippen LogP) is 0.599. The van der Waals surface area contributed by atoms with Gasteiger partial charge in [0.15, 0.2) is 5.76 Å². The maximum absolute atomic E-state index is 10.5. The summed E-state index contributed by atoms with van der Waals surface area (Å²) in [7, 11) is 0. The molecule has 2 heterocycles. The Kier molecular flexibility index (Phi) is 1.81. The molecule has 0 saturated heterocycles. The molecule has 6 heteroatoms. The zero-order valence-corrected chi connectivity index (χ0v) is 6.84. The number of aliphatic hydroxyl groups excluding tert-OH is 1. The van der Waals surface area contributed by atoms with E-state index in [1.807, 2.05) is 0 Å². The molecular weight excluding hydrogens is 192 g/mol. The number of carboxylic acid groups (broad SMARTS) is 1. The van der Waals surface area contributed by atoms with Crippen LogP contribution in [0.25, 0.3) is 0 Å². The summed E-state index contributed by atoms with van der Waals surface area (Å²) >= 11 is 0. The maximum Gasteiger partial charge on any atom is 0.387 e. The summed E-state index contributed by atoms with van der Waals surface area (Å²) in [5.41, 5.74) is 0. The van der Waals surface area contributed by atoms with Crippen molar-refractivity contribution in [3.8, 4) is 0 Å². The van der Waals surface area contributed by atoms with Gasteiger partial charge in [-0.2, -0.15) is 0 Å². The number of aliphatic carboxylic acids is 1. The molecule has 14 heavy (non-hydrogen) atoms. The molecule has 0 aliphatic carbocycles. The Balaban J connectivity index is 2.31. The van der Waals surface area contributed by atoms with E-state index in [1.165, 1.54) is 12.3 Å². The van der Waals surface area contributed by atoms with E-state index in [-0.39, 0.29) is 17.3 Å². The Morgan fingerprint density at radius 3 is 3.00 bits per heavy atom. The van der Waals surface area contributed by atoms with Gasteiger partial charge in [0, 0.05) is 6.08 Å². The van der Waals surface area contributed by atoms with Crippen LogP contribution in [0.3, 0.4) is 0 Å². The molecule has 0 radical (unpaired) electrons. The number of fused-ring (bicyclic) bond motifs is 1. The van der Waals surface area contributed by atoms with E-state index in [4.69, 9.17) is 14.6 Å². The van der Waals surface area contributed by atoms with Gasteiger partial charge in [0.2, 0.25) is 11.5 Å². The summed E-state index contributed by atoms with van der Waals surface area (Å²) in [6.45, 7) is 0. The van der Waals surface area contributed by atoms with Crippen LogP contribution in [-0.4, -0.2) is 22.5 Å². The summed E-state index contributed by atoms with van der Waals surface area (Å²) in [6.07, 6.45) is 2.11. The first-order chi connectivity index (χ1) is 6.68. The zero-order chi connectivity index (χ0) is 10.1. The Morgan fingerprint density at radius 2 is 2.29 bits per heavy atom. The number of rotatable bonds is 1.